The molecule has 29 heavy (non-hydrogen) atoms. The predicted octanol–water partition coefficient (Wildman–Crippen LogP) is 9.07. The largest absolute Gasteiger partial charge is 0.338 e. The maximum Gasteiger partial charge on any atom is 0.0493 e. The van der Waals surface area contributed by atoms with Gasteiger partial charge in [0.1, 0.15) is 0 Å². The van der Waals surface area contributed by atoms with E-state index in [1.54, 1.807) is 0 Å². The summed E-state index contributed by atoms with van der Waals surface area (Å²) in [6.07, 6.45) is 5.30. The van der Waals surface area contributed by atoms with Crippen molar-refractivity contribution in [3.8, 4) is 0 Å². The molecule has 1 aromatic heterocycles. The molecule has 0 bridgehead atoms. The van der Waals surface area contributed by atoms with Gasteiger partial charge in [-0.15, -0.1) is 0 Å². The van der Waals surface area contributed by atoms with Gasteiger partial charge in [-0.2, -0.15) is 0 Å². The van der Waals surface area contributed by atoms with Gasteiger partial charge in [-0.25, -0.2) is 0 Å². The first kappa shape index (κ1) is 24.2. The van der Waals surface area contributed by atoms with Crippen molar-refractivity contribution in [2.24, 2.45) is 0 Å². The molecular formula is C28H37N. The standard InChI is InChI=1S/C16H17N.C10H12.2CH4/c1-3-12(2)17-15-10-6-4-8-13(15)14-9-5-7-11-16(14)17;1-3-4-10-7-5-9(2)6-8-10;;/h4-12H,3H2,1-2H3;3-8H,1-2H3;2*1H4/b;4-3+;;. The number of hydrogen-bond donors (Lipinski definition) is 0. The molecule has 3 aromatic carbocycles. The van der Waals surface area contributed by atoms with Crippen molar-refractivity contribution < 1.29 is 0 Å². The number of benzene rings is 3. The van der Waals surface area contributed by atoms with E-state index in [-0.39, 0.29) is 14.9 Å². The molecule has 0 aliphatic rings. The van der Waals surface area contributed by atoms with Crippen LogP contribution in [-0.4, -0.2) is 4.57 Å². The molecule has 0 spiro atoms. The molecule has 4 rings (SSSR count). The van der Waals surface area contributed by atoms with Crippen molar-refractivity contribution in [2.45, 2.75) is 55.0 Å². The van der Waals surface area contributed by atoms with Crippen LogP contribution in [0.2, 0.25) is 0 Å². The van der Waals surface area contributed by atoms with E-state index < -0.39 is 0 Å². The summed E-state index contributed by atoms with van der Waals surface area (Å²) >= 11 is 0. The second-order valence-corrected chi connectivity index (χ2v) is 7.07. The van der Waals surface area contributed by atoms with Crippen LogP contribution in [0, 0.1) is 6.92 Å². The molecule has 1 unspecified atom stereocenters. The zero-order chi connectivity index (χ0) is 19.2. The van der Waals surface area contributed by atoms with Gasteiger partial charge < -0.3 is 4.57 Å². The Morgan fingerprint density at radius 3 is 1.72 bits per heavy atom. The maximum atomic E-state index is 2.46. The van der Waals surface area contributed by atoms with Crippen molar-refractivity contribution in [1.82, 2.24) is 4.57 Å². The molecule has 4 aromatic rings. The lowest BCUT2D eigenvalue weighted by Crippen LogP contribution is -2.02. The first-order valence-electron chi connectivity index (χ1n) is 9.82. The third-order valence-corrected chi connectivity index (χ3v) is 5.09. The number of fused-ring (bicyclic) bond motifs is 3. The fourth-order valence-corrected chi connectivity index (χ4v) is 3.48. The molecule has 1 atom stereocenters. The topological polar surface area (TPSA) is 4.93 Å². The van der Waals surface area contributed by atoms with Gasteiger partial charge in [0.2, 0.25) is 0 Å². The minimum absolute atomic E-state index is 0. The normalized spacial score (nSPS) is 11.4. The van der Waals surface area contributed by atoms with Gasteiger partial charge in [0.05, 0.1) is 0 Å². The van der Waals surface area contributed by atoms with Crippen LogP contribution in [0.5, 0.6) is 0 Å². The summed E-state index contributed by atoms with van der Waals surface area (Å²) in [7, 11) is 0. The van der Waals surface area contributed by atoms with Crippen LogP contribution in [-0.2, 0) is 0 Å². The summed E-state index contributed by atoms with van der Waals surface area (Å²) in [6.45, 7) is 8.66. The fraction of sp³-hybridized carbons (Fsp3) is 0.286. The van der Waals surface area contributed by atoms with E-state index in [0.717, 1.165) is 6.42 Å². The highest BCUT2D eigenvalue weighted by Gasteiger charge is 2.12. The lowest BCUT2D eigenvalue weighted by Gasteiger charge is -2.14. The summed E-state index contributed by atoms with van der Waals surface area (Å²) < 4.78 is 2.46. The average molecular weight is 388 g/mol. The number of nitrogens with zero attached hydrogens (tertiary/aromatic N) is 1. The monoisotopic (exact) mass is 387 g/mol. The number of hydrogen-bond acceptors (Lipinski definition) is 0. The quantitative estimate of drug-likeness (QED) is 0.330. The van der Waals surface area contributed by atoms with Gasteiger partial charge >= 0.3 is 0 Å². The molecule has 0 N–H and O–H groups in total. The van der Waals surface area contributed by atoms with E-state index in [1.807, 2.05) is 13.0 Å². The van der Waals surface area contributed by atoms with Crippen molar-refractivity contribution in [1.29, 1.82) is 0 Å². The fourth-order valence-electron chi connectivity index (χ4n) is 3.48. The molecule has 1 heterocycles. The Morgan fingerprint density at radius 2 is 1.28 bits per heavy atom. The van der Waals surface area contributed by atoms with Crippen LogP contribution in [0.1, 0.15) is 59.2 Å². The smallest absolute Gasteiger partial charge is 0.0493 e. The molecule has 0 saturated carbocycles. The Kier molecular flexibility index (Phi) is 9.41. The lowest BCUT2D eigenvalue weighted by atomic mass is 10.1. The van der Waals surface area contributed by atoms with Crippen molar-refractivity contribution in [3.63, 3.8) is 0 Å². The van der Waals surface area contributed by atoms with Crippen LogP contribution in [0.4, 0.5) is 0 Å². The van der Waals surface area contributed by atoms with Gasteiger partial charge in [-0.05, 0) is 44.9 Å². The van der Waals surface area contributed by atoms with E-state index in [2.05, 4.69) is 104 Å². The van der Waals surface area contributed by atoms with Crippen molar-refractivity contribution >= 4 is 27.9 Å². The van der Waals surface area contributed by atoms with E-state index in [9.17, 15) is 0 Å². The van der Waals surface area contributed by atoms with E-state index in [4.69, 9.17) is 0 Å². The van der Waals surface area contributed by atoms with Gasteiger partial charge in [-0.3, -0.25) is 0 Å². The Labute approximate surface area is 177 Å². The third-order valence-electron chi connectivity index (χ3n) is 5.09. The van der Waals surface area contributed by atoms with Gasteiger partial charge in [0, 0.05) is 27.8 Å². The summed E-state index contributed by atoms with van der Waals surface area (Å²) in [5.74, 6) is 0. The van der Waals surface area contributed by atoms with Crippen LogP contribution in [0.15, 0.2) is 78.9 Å². The van der Waals surface area contributed by atoms with E-state index in [1.165, 1.54) is 32.9 Å². The molecule has 154 valence electrons. The molecule has 0 radical (unpaired) electrons. The van der Waals surface area contributed by atoms with Gasteiger partial charge in [0.25, 0.3) is 0 Å². The summed E-state index contributed by atoms with van der Waals surface area (Å²) in [5, 5.41) is 2.73. The molecule has 0 aliphatic heterocycles. The zero-order valence-corrected chi connectivity index (χ0v) is 16.8. The number of para-hydroxylation sites is 2. The third kappa shape index (κ3) is 5.38. The molecule has 0 aliphatic carbocycles. The lowest BCUT2D eigenvalue weighted by molar-refractivity contribution is 0.563. The molecule has 0 saturated heterocycles. The highest BCUT2D eigenvalue weighted by Crippen LogP contribution is 2.32. The molecular weight excluding hydrogens is 350 g/mol. The zero-order valence-electron chi connectivity index (χ0n) is 16.8. The summed E-state index contributed by atoms with van der Waals surface area (Å²) in [5.41, 5.74) is 5.28. The van der Waals surface area contributed by atoms with Gasteiger partial charge in [0.15, 0.2) is 0 Å². The highest BCUT2D eigenvalue weighted by atomic mass is 15.0. The first-order chi connectivity index (χ1) is 13.2. The van der Waals surface area contributed by atoms with Crippen molar-refractivity contribution in [3.05, 3.63) is 90.0 Å². The Hall–Kier alpha value is -2.80. The molecule has 0 amide bonds. The predicted molar refractivity (Wildman–Crippen MR) is 134 cm³/mol. The van der Waals surface area contributed by atoms with Gasteiger partial charge in [-0.1, -0.05) is 100 Å². The SMILES string of the molecule is C.C.C/C=C/c1ccc(C)cc1.CCC(C)n1c2ccccc2c2ccccc21. The van der Waals surface area contributed by atoms with Crippen LogP contribution < -0.4 is 0 Å². The first-order valence-corrected chi connectivity index (χ1v) is 9.82. The minimum Gasteiger partial charge on any atom is -0.338 e. The molecule has 0 fully saturated rings. The Bertz CT molecular complexity index is 982. The summed E-state index contributed by atoms with van der Waals surface area (Å²) in [6, 6.07) is 26.4. The van der Waals surface area contributed by atoms with E-state index in [0.29, 0.717) is 6.04 Å². The minimum atomic E-state index is 0. The number of aryl methyl sites for hydroxylation is 1. The second-order valence-electron chi connectivity index (χ2n) is 7.07. The van der Waals surface area contributed by atoms with Crippen LogP contribution in [0.3, 0.4) is 0 Å². The number of rotatable bonds is 3. The maximum absolute atomic E-state index is 2.46. The van der Waals surface area contributed by atoms with Crippen LogP contribution in [0.25, 0.3) is 27.9 Å². The van der Waals surface area contributed by atoms with Crippen molar-refractivity contribution in [2.75, 3.05) is 0 Å². The molecule has 1 nitrogen and oxygen atoms in total. The average Bonchev–Trinajstić information content (AvgIpc) is 3.04. The van der Waals surface area contributed by atoms with Crippen LogP contribution >= 0.6 is 0 Å². The summed E-state index contributed by atoms with van der Waals surface area (Å²) in [4.78, 5) is 0. The van der Waals surface area contributed by atoms with E-state index >= 15 is 0 Å². The Balaban J connectivity index is 0.000000306. The second kappa shape index (κ2) is 11.3. The highest BCUT2D eigenvalue weighted by molar-refractivity contribution is 6.08. The number of allylic oxidation sites excluding steroid dienone is 1. The Morgan fingerprint density at radius 1 is 0.793 bits per heavy atom. The number of aromatic nitrogens is 1. The molecule has 1 heteroatoms.